The predicted molar refractivity (Wildman–Crippen MR) is 130 cm³/mol. The van der Waals surface area contributed by atoms with Crippen molar-refractivity contribution in [3.05, 3.63) is 65.6 Å². The van der Waals surface area contributed by atoms with E-state index in [4.69, 9.17) is 5.73 Å². The summed E-state index contributed by atoms with van der Waals surface area (Å²) in [5, 5.41) is 4.92. The van der Waals surface area contributed by atoms with Gasteiger partial charge in [-0.05, 0) is 67.3 Å². The number of nitrogens with one attached hydrogen (secondary N) is 3. The molecule has 0 bridgehead atoms. The molecule has 10 heteroatoms. The molecule has 0 unspecified atom stereocenters. The summed E-state index contributed by atoms with van der Waals surface area (Å²) < 4.78 is 41.7. The molecule has 5 rings (SSSR count). The fourth-order valence-electron chi connectivity index (χ4n) is 4.20. The maximum Gasteiger partial charge on any atom is 0.573 e. The molecule has 0 saturated heterocycles. The minimum Gasteiger partial charge on any atom is -0.406 e. The summed E-state index contributed by atoms with van der Waals surface area (Å²) in [5.74, 6) is 0.475. The number of fused-ring (bicyclic) bond motifs is 2. The fourth-order valence-corrected chi connectivity index (χ4v) is 4.20. The van der Waals surface area contributed by atoms with Gasteiger partial charge in [-0.25, -0.2) is 4.98 Å². The van der Waals surface area contributed by atoms with Crippen molar-refractivity contribution in [2.24, 2.45) is 0 Å². The van der Waals surface area contributed by atoms with Crippen LogP contribution in [0.2, 0.25) is 0 Å². The van der Waals surface area contributed by atoms with Crippen molar-refractivity contribution in [3.63, 3.8) is 0 Å². The van der Waals surface area contributed by atoms with Gasteiger partial charge in [0, 0.05) is 52.0 Å². The van der Waals surface area contributed by atoms with Crippen LogP contribution in [0.3, 0.4) is 0 Å². The topological polar surface area (TPSA) is 105 Å². The molecular formula is C25H23F3N6O. The minimum atomic E-state index is -4.74. The number of H-pyrrole nitrogens is 2. The molecule has 3 aromatic heterocycles. The highest BCUT2D eigenvalue weighted by Gasteiger charge is 2.31. The van der Waals surface area contributed by atoms with Gasteiger partial charge in [0.25, 0.3) is 0 Å². The molecule has 5 aromatic rings. The van der Waals surface area contributed by atoms with Crippen molar-refractivity contribution < 1.29 is 17.9 Å². The van der Waals surface area contributed by atoms with Crippen molar-refractivity contribution in [2.75, 3.05) is 17.6 Å². The molecule has 0 spiro atoms. The van der Waals surface area contributed by atoms with Crippen molar-refractivity contribution in [2.45, 2.75) is 26.6 Å². The van der Waals surface area contributed by atoms with Crippen LogP contribution in [0.1, 0.15) is 16.8 Å². The number of rotatable bonds is 6. The van der Waals surface area contributed by atoms with E-state index in [1.165, 1.54) is 17.7 Å². The standard InChI is InChI=1S/C25H23F3N6O/c1-13-14(2)33-22-5-3-15(9-18(13)22)20-12-32-24(34-23(20)29)30-8-7-16-11-31-21-6-4-17(10-19(16)21)35-25(26,27)28/h3-6,9-12,31,33H,7-8H2,1-2H3,(H3,29,30,32,34). The van der Waals surface area contributed by atoms with Crippen LogP contribution in [0, 0.1) is 13.8 Å². The van der Waals surface area contributed by atoms with E-state index in [1.54, 1.807) is 18.5 Å². The number of aromatic amines is 2. The molecule has 0 aliphatic heterocycles. The summed E-state index contributed by atoms with van der Waals surface area (Å²) in [5.41, 5.74) is 12.9. The van der Waals surface area contributed by atoms with Gasteiger partial charge in [-0.15, -0.1) is 13.2 Å². The quantitative estimate of drug-likeness (QED) is 0.244. The minimum absolute atomic E-state index is 0.256. The number of hydrogen-bond donors (Lipinski definition) is 4. The Morgan fingerprint density at radius 2 is 1.86 bits per heavy atom. The summed E-state index contributed by atoms with van der Waals surface area (Å²) in [6, 6.07) is 10.3. The average Bonchev–Trinajstić information content (AvgIpc) is 3.32. The van der Waals surface area contributed by atoms with Gasteiger partial charge >= 0.3 is 6.36 Å². The molecule has 0 amide bonds. The first-order valence-electron chi connectivity index (χ1n) is 11.0. The van der Waals surface area contributed by atoms with Crippen LogP contribution in [-0.2, 0) is 6.42 Å². The SMILES string of the molecule is Cc1[nH]c2ccc(-c3cnc(NCCc4c[nH]c5ccc(OC(F)(F)F)cc45)nc3N)cc2c1C. The van der Waals surface area contributed by atoms with E-state index in [0.717, 1.165) is 38.8 Å². The zero-order valence-electron chi connectivity index (χ0n) is 19.0. The molecule has 2 aromatic carbocycles. The van der Waals surface area contributed by atoms with Gasteiger partial charge in [-0.3, -0.25) is 0 Å². The van der Waals surface area contributed by atoms with Gasteiger partial charge in [-0.1, -0.05) is 6.07 Å². The van der Waals surface area contributed by atoms with Crippen LogP contribution >= 0.6 is 0 Å². The second kappa shape index (κ2) is 8.53. The molecule has 0 saturated carbocycles. The van der Waals surface area contributed by atoms with E-state index < -0.39 is 6.36 Å². The zero-order valence-corrected chi connectivity index (χ0v) is 19.0. The van der Waals surface area contributed by atoms with E-state index in [2.05, 4.69) is 43.0 Å². The Morgan fingerprint density at radius 1 is 1.06 bits per heavy atom. The third kappa shape index (κ3) is 4.59. The first-order valence-corrected chi connectivity index (χ1v) is 11.0. The number of aromatic nitrogens is 4. The Hall–Kier alpha value is -4.21. The molecular weight excluding hydrogens is 457 g/mol. The zero-order chi connectivity index (χ0) is 24.7. The molecule has 3 heterocycles. The Morgan fingerprint density at radius 3 is 2.63 bits per heavy atom. The lowest BCUT2D eigenvalue weighted by molar-refractivity contribution is -0.274. The lowest BCUT2D eigenvalue weighted by Crippen LogP contribution is -2.17. The van der Waals surface area contributed by atoms with Gasteiger partial charge < -0.3 is 25.8 Å². The molecule has 7 nitrogen and oxygen atoms in total. The third-order valence-corrected chi connectivity index (χ3v) is 6.09. The number of nitrogen functional groups attached to an aromatic ring is 1. The number of benzene rings is 2. The Balaban J connectivity index is 1.29. The monoisotopic (exact) mass is 480 g/mol. The van der Waals surface area contributed by atoms with Crippen molar-refractivity contribution >= 4 is 33.6 Å². The number of halogens is 3. The largest absolute Gasteiger partial charge is 0.573 e. The normalized spacial score (nSPS) is 11.9. The number of alkyl halides is 3. The highest BCUT2D eigenvalue weighted by Crippen LogP contribution is 2.31. The van der Waals surface area contributed by atoms with Crippen LogP contribution in [0.4, 0.5) is 24.9 Å². The van der Waals surface area contributed by atoms with Crippen molar-refractivity contribution in [3.8, 4) is 16.9 Å². The van der Waals surface area contributed by atoms with Crippen molar-refractivity contribution in [1.82, 2.24) is 19.9 Å². The smallest absolute Gasteiger partial charge is 0.406 e. The third-order valence-electron chi connectivity index (χ3n) is 6.09. The summed E-state index contributed by atoms with van der Waals surface area (Å²) in [4.78, 5) is 15.2. The molecule has 180 valence electrons. The highest BCUT2D eigenvalue weighted by molar-refractivity contribution is 5.90. The maximum atomic E-state index is 12.5. The molecule has 0 fully saturated rings. The van der Waals surface area contributed by atoms with Gasteiger partial charge in [0.05, 0.1) is 0 Å². The number of aryl methyl sites for hydroxylation is 2. The van der Waals surface area contributed by atoms with E-state index in [0.29, 0.717) is 30.1 Å². The molecule has 0 aliphatic rings. The summed E-state index contributed by atoms with van der Waals surface area (Å²) in [7, 11) is 0. The summed E-state index contributed by atoms with van der Waals surface area (Å²) in [6.45, 7) is 4.57. The summed E-state index contributed by atoms with van der Waals surface area (Å²) >= 11 is 0. The molecule has 0 radical (unpaired) electrons. The Bertz CT molecular complexity index is 1540. The molecule has 5 N–H and O–H groups in total. The second-order valence-electron chi connectivity index (χ2n) is 8.37. The highest BCUT2D eigenvalue weighted by atomic mass is 19.4. The number of nitrogens with zero attached hydrogens (tertiary/aromatic N) is 2. The number of anilines is 2. The molecule has 0 atom stereocenters. The lowest BCUT2D eigenvalue weighted by Gasteiger charge is -2.10. The van der Waals surface area contributed by atoms with Crippen LogP contribution in [0.25, 0.3) is 32.9 Å². The van der Waals surface area contributed by atoms with Crippen LogP contribution in [0.5, 0.6) is 5.75 Å². The van der Waals surface area contributed by atoms with Gasteiger partial charge in [0.1, 0.15) is 11.6 Å². The van der Waals surface area contributed by atoms with E-state index in [9.17, 15) is 13.2 Å². The fraction of sp³-hybridized carbons (Fsp3) is 0.200. The van der Waals surface area contributed by atoms with Gasteiger partial charge in [0.15, 0.2) is 0 Å². The van der Waals surface area contributed by atoms with Gasteiger partial charge in [0.2, 0.25) is 5.95 Å². The van der Waals surface area contributed by atoms with Crippen molar-refractivity contribution in [1.29, 1.82) is 0 Å². The molecule has 35 heavy (non-hydrogen) atoms. The van der Waals surface area contributed by atoms with Crippen LogP contribution in [-0.4, -0.2) is 32.8 Å². The lowest BCUT2D eigenvalue weighted by atomic mass is 10.0. The van der Waals surface area contributed by atoms with Crippen LogP contribution < -0.4 is 15.8 Å². The van der Waals surface area contributed by atoms with Gasteiger partial charge in [-0.2, -0.15) is 4.98 Å². The Kier molecular flexibility index (Phi) is 5.50. The second-order valence-corrected chi connectivity index (χ2v) is 8.37. The number of nitrogens with two attached hydrogens (primary N) is 1. The first kappa shape index (κ1) is 22.6. The number of hydrogen-bond acceptors (Lipinski definition) is 5. The summed E-state index contributed by atoms with van der Waals surface area (Å²) in [6.07, 6.45) is -0.750. The Labute approximate surface area is 198 Å². The average molecular weight is 480 g/mol. The van der Waals surface area contributed by atoms with Crippen LogP contribution in [0.15, 0.2) is 48.8 Å². The van der Waals surface area contributed by atoms with E-state index in [1.807, 2.05) is 19.1 Å². The predicted octanol–water partition coefficient (Wildman–Crippen LogP) is 5.86. The van der Waals surface area contributed by atoms with E-state index >= 15 is 0 Å². The number of ether oxygens (including phenoxy) is 1. The first-order chi connectivity index (χ1) is 16.7. The maximum absolute atomic E-state index is 12.5. The molecule has 0 aliphatic carbocycles. The van der Waals surface area contributed by atoms with E-state index in [-0.39, 0.29) is 5.75 Å².